The number of fused-ring (bicyclic) bond motifs is 1. The van der Waals surface area contributed by atoms with E-state index >= 15 is 0 Å². The summed E-state index contributed by atoms with van der Waals surface area (Å²) in [6.45, 7) is 4.20. The van der Waals surface area contributed by atoms with Crippen LogP contribution in [0.4, 0.5) is 5.13 Å². The molecule has 0 radical (unpaired) electrons. The number of aromatic nitrogens is 1. The number of thiazole rings is 1. The minimum atomic E-state index is -3.43. The van der Waals surface area contributed by atoms with Crippen molar-refractivity contribution in [2.75, 3.05) is 10.7 Å². The maximum Gasteiger partial charge on any atom is 0.230 e. The fraction of sp³-hybridized carbons (Fsp3) is 0.250. The first-order chi connectivity index (χ1) is 15.3. The third-order valence-corrected chi connectivity index (χ3v) is 8.03. The third kappa shape index (κ3) is 5.08. The predicted octanol–water partition coefficient (Wildman–Crippen LogP) is 5.04. The van der Waals surface area contributed by atoms with Gasteiger partial charge >= 0.3 is 0 Å². The van der Waals surface area contributed by atoms with Crippen molar-refractivity contribution in [2.45, 2.75) is 32.6 Å². The number of hydrogen-bond acceptors (Lipinski definition) is 6. The van der Waals surface area contributed by atoms with Gasteiger partial charge in [0.25, 0.3) is 0 Å². The van der Waals surface area contributed by atoms with E-state index in [9.17, 15) is 13.2 Å². The van der Waals surface area contributed by atoms with Crippen LogP contribution in [-0.2, 0) is 26.9 Å². The molecule has 0 bridgehead atoms. The molecule has 0 aliphatic rings. The zero-order chi connectivity index (χ0) is 22.7. The van der Waals surface area contributed by atoms with Crippen molar-refractivity contribution < 1.29 is 17.6 Å². The van der Waals surface area contributed by atoms with Crippen molar-refractivity contribution in [3.63, 3.8) is 0 Å². The molecule has 2 aromatic heterocycles. The van der Waals surface area contributed by atoms with Gasteiger partial charge in [0.2, 0.25) is 5.91 Å². The molecule has 6 nitrogen and oxygen atoms in total. The standard InChI is InChI=1S/C24H24N2O4S2/c1-17-10-11-18(2)23-22(17)25-24(31-23)26(15-20-9-6-13-30-20)21(27)12-14-32(28,29)16-19-7-4-3-5-8-19/h3-11,13H,12,14-16H2,1-2H3. The zero-order valence-corrected chi connectivity index (χ0v) is 19.6. The fourth-order valence-corrected chi connectivity index (χ4v) is 5.92. The van der Waals surface area contributed by atoms with Crippen LogP contribution in [0.1, 0.15) is 28.9 Å². The highest BCUT2D eigenvalue weighted by atomic mass is 32.2. The topological polar surface area (TPSA) is 80.5 Å². The molecular weight excluding hydrogens is 444 g/mol. The third-order valence-electron chi connectivity index (χ3n) is 5.21. The number of benzene rings is 2. The van der Waals surface area contributed by atoms with Gasteiger partial charge in [-0.1, -0.05) is 53.8 Å². The lowest BCUT2D eigenvalue weighted by molar-refractivity contribution is -0.118. The van der Waals surface area contributed by atoms with Gasteiger partial charge in [0.05, 0.1) is 34.5 Å². The highest BCUT2D eigenvalue weighted by Crippen LogP contribution is 2.34. The number of sulfone groups is 1. The largest absolute Gasteiger partial charge is 0.467 e. The van der Waals surface area contributed by atoms with E-state index in [-0.39, 0.29) is 30.4 Å². The van der Waals surface area contributed by atoms with Crippen LogP contribution in [0, 0.1) is 13.8 Å². The lowest BCUT2D eigenvalue weighted by atomic mass is 10.1. The zero-order valence-electron chi connectivity index (χ0n) is 17.9. The van der Waals surface area contributed by atoms with E-state index in [0.29, 0.717) is 16.5 Å². The number of carbonyl (C=O) groups is 1. The minimum Gasteiger partial charge on any atom is -0.467 e. The van der Waals surface area contributed by atoms with Crippen LogP contribution in [0.15, 0.2) is 65.3 Å². The first-order valence-electron chi connectivity index (χ1n) is 10.3. The first kappa shape index (κ1) is 22.2. The molecule has 0 aliphatic heterocycles. The maximum atomic E-state index is 13.2. The number of rotatable bonds is 8. The second-order valence-electron chi connectivity index (χ2n) is 7.76. The quantitative estimate of drug-likeness (QED) is 0.362. The summed E-state index contributed by atoms with van der Waals surface area (Å²) < 4.78 is 31.7. The Morgan fingerprint density at radius 2 is 1.78 bits per heavy atom. The molecule has 0 aliphatic carbocycles. The Morgan fingerprint density at radius 1 is 1.03 bits per heavy atom. The van der Waals surface area contributed by atoms with Gasteiger partial charge in [0, 0.05) is 6.42 Å². The van der Waals surface area contributed by atoms with Gasteiger partial charge in [-0.3, -0.25) is 9.69 Å². The molecule has 4 aromatic rings. The molecule has 0 saturated carbocycles. The number of amides is 1. The lowest BCUT2D eigenvalue weighted by Gasteiger charge is -2.18. The Balaban J connectivity index is 1.57. The summed E-state index contributed by atoms with van der Waals surface area (Å²) in [7, 11) is -3.43. The molecule has 2 heterocycles. The van der Waals surface area contributed by atoms with Crippen molar-refractivity contribution in [1.29, 1.82) is 0 Å². The highest BCUT2D eigenvalue weighted by Gasteiger charge is 2.24. The van der Waals surface area contributed by atoms with E-state index in [1.165, 1.54) is 16.2 Å². The second kappa shape index (κ2) is 9.26. The molecule has 0 unspecified atom stereocenters. The molecule has 8 heteroatoms. The van der Waals surface area contributed by atoms with Crippen LogP contribution in [0.5, 0.6) is 0 Å². The summed E-state index contributed by atoms with van der Waals surface area (Å²) in [6.07, 6.45) is 1.43. The minimum absolute atomic E-state index is 0.0845. The number of furan rings is 1. The van der Waals surface area contributed by atoms with E-state index in [2.05, 4.69) is 0 Å². The number of nitrogens with zero attached hydrogens (tertiary/aromatic N) is 2. The monoisotopic (exact) mass is 468 g/mol. The normalized spacial score (nSPS) is 11.7. The molecule has 0 saturated heterocycles. The van der Waals surface area contributed by atoms with Gasteiger partial charge < -0.3 is 4.42 Å². The molecular formula is C24H24N2O4S2. The van der Waals surface area contributed by atoms with Crippen molar-refractivity contribution in [1.82, 2.24) is 4.98 Å². The lowest BCUT2D eigenvalue weighted by Crippen LogP contribution is -2.31. The summed E-state index contributed by atoms with van der Waals surface area (Å²) in [5.41, 5.74) is 3.69. The van der Waals surface area contributed by atoms with E-state index in [4.69, 9.17) is 9.40 Å². The van der Waals surface area contributed by atoms with E-state index in [1.807, 2.05) is 32.0 Å². The van der Waals surface area contributed by atoms with Crippen molar-refractivity contribution in [3.05, 3.63) is 83.3 Å². The van der Waals surface area contributed by atoms with E-state index in [0.717, 1.165) is 21.3 Å². The molecule has 2 aromatic carbocycles. The van der Waals surface area contributed by atoms with E-state index in [1.54, 1.807) is 42.7 Å². The van der Waals surface area contributed by atoms with Gasteiger partial charge in [0.15, 0.2) is 15.0 Å². The number of carbonyl (C=O) groups excluding carboxylic acids is 1. The summed E-state index contributed by atoms with van der Waals surface area (Å²) in [4.78, 5) is 19.5. The van der Waals surface area contributed by atoms with E-state index < -0.39 is 9.84 Å². The second-order valence-corrected chi connectivity index (χ2v) is 10.9. The fourth-order valence-electron chi connectivity index (χ4n) is 3.46. The molecule has 32 heavy (non-hydrogen) atoms. The Morgan fingerprint density at radius 3 is 2.47 bits per heavy atom. The van der Waals surface area contributed by atoms with Gasteiger partial charge in [0.1, 0.15) is 5.76 Å². The van der Waals surface area contributed by atoms with Gasteiger partial charge in [-0.05, 0) is 42.7 Å². The molecule has 1 amide bonds. The summed E-state index contributed by atoms with van der Waals surface area (Å²) >= 11 is 1.44. The summed E-state index contributed by atoms with van der Waals surface area (Å²) in [5.74, 6) is 0.00236. The maximum absolute atomic E-state index is 13.2. The average molecular weight is 469 g/mol. The van der Waals surface area contributed by atoms with Crippen LogP contribution in [-0.4, -0.2) is 25.1 Å². The van der Waals surface area contributed by atoms with Crippen LogP contribution in [0.3, 0.4) is 0 Å². The molecule has 0 N–H and O–H groups in total. The highest BCUT2D eigenvalue weighted by molar-refractivity contribution is 7.90. The predicted molar refractivity (Wildman–Crippen MR) is 128 cm³/mol. The van der Waals surface area contributed by atoms with Gasteiger partial charge in [-0.25, -0.2) is 13.4 Å². The van der Waals surface area contributed by atoms with Crippen LogP contribution in [0.25, 0.3) is 10.2 Å². The average Bonchev–Trinajstić information content (AvgIpc) is 3.44. The Hall–Kier alpha value is -2.97. The molecule has 0 atom stereocenters. The molecule has 4 rings (SSSR count). The molecule has 166 valence electrons. The summed E-state index contributed by atoms with van der Waals surface area (Å²) in [5, 5.41) is 0.541. The van der Waals surface area contributed by atoms with Crippen LogP contribution < -0.4 is 4.90 Å². The Kier molecular flexibility index (Phi) is 6.43. The van der Waals surface area contributed by atoms with Crippen molar-refractivity contribution >= 4 is 42.4 Å². The number of aryl methyl sites for hydroxylation is 2. The SMILES string of the molecule is Cc1ccc(C)c2sc(N(Cc3ccco3)C(=O)CCS(=O)(=O)Cc3ccccc3)nc12. The summed E-state index contributed by atoms with van der Waals surface area (Å²) in [6, 6.07) is 16.6. The van der Waals surface area contributed by atoms with Crippen LogP contribution >= 0.6 is 11.3 Å². The molecule has 0 fully saturated rings. The Labute approximate surface area is 191 Å². The van der Waals surface area contributed by atoms with Crippen molar-refractivity contribution in [3.8, 4) is 0 Å². The number of hydrogen-bond donors (Lipinski definition) is 0. The molecule has 0 spiro atoms. The van der Waals surface area contributed by atoms with Gasteiger partial charge in [-0.15, -0.1) is 0 Å². The van der Waals surface area contributed by atoms with Crippen molar-refractivity contribution in [2.24, 2.45) is 0 Å². The smallest absolute Gasteiger partial charge is 0.230 e. The Bertz CT molecular complexity index is 1290. The number of anilines is 1. The first-order valence-corrected chi connectivity index (χ1v) is 12.9. The van der Waals surface area contributed by atoms with Crippen LogP contribution in [0.2, 0.25) is 0 Å². The van der Waals surface area contributed by atoms with Gasteiger partial charge in [-0.2, -0.15) is 0 Å².